The minimum absolute atomic E-state index is 0.100. The van der Waals surface area contributed by atoms with Gasteiger partial charge in [0, 0.05) is 17.3 Å². The Hall–Kier alpha value is -2.52. The third-order valence-electron chi connectivity index (χ3n) is 5.75. The van der Waals surface area contributed by atoms with Gasteiger partial charge in [0.15, 0.2) is 5.82 Å². The Morgan fingerprint density at radius 1 is 1.12 bits per heavy atom. The number of para-hydroxylation sites is 1. The van der Waals surface area contributed by atoms with Gasteiger partial charge < -0.3 is 4.74 Å². The number of aromatic nitrogens is 3. The number of rotatable bonds is 9. The molecule has 33 heavy (non-hydrogen) atoms. The van der Waals surface area contributed by atoms with Crippen molar-refractivity contribution >= 4 is 29.8 Å². The lowest BCUT2D eigenvalue weighted by Crippen LogP contribution is -2.32. The molecule has 0 bridgehead atoms. The maximum Gasteiger partial charge on any atom is 0.319 e. The Balaban J connectivity index is 1.66. The van der Waals surface area contributed by atoms with Gasteiger partial charge in [0.2, 0.25) is 4.77 Å². The van der Waals surface area contributed by atoms with Gasteiger partial charge in [-0.25, -0.2) is 4.68 Å². The Morgan fingerprint density at radius 2 is 1.82 bits per heavy atom. The highest BCUT2D eigenvalue weighted by molar-refractivity contribution is 7.71. The molecule has 7 nitrogen and oxygen atoms in total. The maximum absolute atomic E-state index is 12.1. The molecule has 1 saturated heterocycles. The standard InChI is InChI=1S/C24H28ClN5O2S/c1-32-23(31)17-28(15-19-9-5-6-12-21(19)25)18-29-24(33)30(20-10-3-2-4-11-20)22(26-29)16-27-13-7-8-14-27/h2-6,9-12H,7-8,13-18H2,1H3. The first kappa shape index (κ1) is 23.6. The number of carbonyl (C=O) groups excluding carboxylic acids is 1. The molecule has 9 heteroatoms. The van der Waals surface area contributed by atoms with E-state index in [2.05, 4.69) is 4.90 Å². The summed E-state index contributed by atoms with van der Waals surface area (Å²) in [4.78, 5) is 16.5. The molecule has 4 rings (SSSR count). The number of methoxy groups -OCH3 is 1. The van der Waals surface area contributed by atoms with Gasteiger partial charge in [0.1, 0.15) is 0 Å². The second-order valence-corrected chi connectivity index (χ2v) is 8.92. The monoisotopic (exact) mass is 485 g/mol. The first-order chi connectivity index (χ1) is 16.0. The van der Waals surface area contributed by atoms with Gasteiger partial charge in [0.25, 0.3) is 0 Å². The highest BCUT2D eigenvalue weighted by atomic mass is 35.5. The molecule has 1 aromatic heterocycles. The van der Waals surface area contributed by atoms with Crippen LogP contribution in [0.25, 0.3) is 5.69 Å². The van der Waals surface area contributed by atoms with Crippen LogP contribution in [0.2, 0.25) is 5.02 Å². The number of nitrogens with zero attached hydrogens (tertiary/aromatic N) is 5. The summed E-state index contributed by atoms with van der Waals surface area (Å²) in [5.41, 5.74) is 1.91. The van der Waals surface area contributed by atoms with E-state index in [-0.39, 0.29) is 12.5 Å². The smallest absolute Gasteiger partial charge is 0.319 e. The molecule has 3 aromatic rings. The van der Waals surface area contributed by atoms with E-state index in [9.17, 15) is 4.79 Å². The second-order valence-electron chi connectivity index (χ2n) is 8.15. The summed E-state index contributed by atoms with van der Waals surface area (Å²) in [6, 6.07) is 17.7. The number of ether oxygens (including phenoxy) is 1. The molecule has 2 heterocycles. The summed E-state index contributed by atoms with van der Waals surface area (Å²) in [7, 11) is 1.39. The molecular formula is C24H28ClN5O2S. The topological polar surface area (TPSA) is 55.5 Å². The highest BCUT2D eigenvalue weighted by Gasteiger charge is 2.21. The van der Waals surface area contributed by atoms with Crippen molar-refractivity contribution in [1.82, 2.24) is 24.1 Å². The van der Waals surface area contributed by atoms with E-state index >= 15 is 0 Å². The van der Waals surface area contributed by atoms with Gasteiger partial charge in [0.05, 0.1) is 26.9 Å². The number of benzene rings is 2. The average molecular weight is 486 g/mol. The predicted molar refractivity (Wildman–Crippen MR) is 131 cm³/mol. The van der Waals surface area contributed by atoms with Crippen molar-refractivity contribution in [3.8, 4) is 5.69 Å². The van der Waals surface area contributed by atoms with Crippen molar-refractivity contribution in [3.05, 3.63) is 75.8 Å². The first-order valence-corrected chi connectivity index (χ1v) is 11.8. The molecule has 0 N–H and O–H groups in total. The van der Waals surface area contributed by atoms with Crippen molar-refractivity contribution in [2.75, 3.05) is 26.7 Å². The van der Waals surface area contributed by atoms with Crippen molar-refractivity contribution in [3.63, 3.8) is 0 Å². The Labute approximate surface area is 204 Å². The third kappa shape index (κ3) is 5.89. The summed E-state index contributed by atoms with van der Waals surface area (Å²) in [5, 5.41) is 5.55. The quantitative estimate of drug-likeness (QED) is 0.333. The molecule has 1 aliphatic heterocycles. The zero-order valence-electron chi connectivity index (χ0n) is 18.7. The van der Waals surface area contributed by atoms with Gasteiger partial charge in [-0.1, -0.05) is 48.0 Å². The molecule has 0 amide bonds. The molecule has 1 fully saturated rings. The van der Waals surface area contributed by atoms with Crippen LogP contribution in [0, 0.1) is 4.77 Å². The van der Waals surface area contributed by atoms with E-state index < -0.39 is 0 Å². The van der Waals surface area contributed by atoms with Crippen molar-refractivity contribution in [2.45, 2.75) is 32.6 Å². The molecule has 0 spiro atoms. The fraction of sp³-hybridized carbons (Fsp3) is 0.375. The first-order valence-electron chi connectivity index (χ1n) is 11.0. The fourth-order valence-corrected chi connectivity index (χ4v) is 4.59. The van der Waals surface area contributed by atoms with Crippen LogP contribution in [0.3, 0.4) is 0 Å². The molecule has 174 valence electrons. The summed E-state index contributed by atoms with van der Waals surface area (Å²) >= 11 is 12.2. The zero-order valence-corrected chi connectivity index (χ0v) is 20.3. The van der Waals surface area contributed by atoms with E-state index in [1.54, 1.807) is 4.68 Å². The van der Waals surface area contributed by atoms with Crippen LogP contribution in [-0.4, -0.2) is 56.9 Å². The number of carbonyl (C=O) groups is 1. The summed E-state index contributed by atoms with van der Waals surface area (Å²) < 4.78 is 9.32. The lowest BCUT2D eigenvalue weighted by molar-refractivity contribution is -0.142. The lowest BCUT2D eigenvalue weighted by atomic mass is 10.2. The minimum atomic E-state index is -0.326. The highest BCUT2D eigenvalue weighted by Crippen LogP contribution is 2.20. The molecule has 2 aromatic carbocycles. The van der Waals surface area contributed by atoms with Gasteiger partial charge in [-0.2, -0.15) is 5.10 Å². The van der Waals surface area contributed by atoms with Crippen molar-refractivity contribution in [1.29, 1.82) is 0 Å². The molecule has 0 unspecified atom stereocenters. The van der Waals surface area contributed by atoms with Gasteiger partial charge in [-0.3, -0.25) is 19.2 Å². The van der Waals surface area contributed by atoms with Crippen molar-refractivity contribution < 1.29 is 9.53 Å². The van der Waals surface area contributed by atoms with Crippen LogP contribution >= 0.6 is 23.8 Å². The van der Waals surface area contributed by atoms with E-state index in [4.69, 9.17) is 33.7 Å². The number of halogens is 1. The molecular weight excluding hydrogens is 458 g/mol. The largest absolute Gasteiger partial charge is 0.468 e. The van der Waals surface area contributed by atoms with Gasteiger partial charge >= 0.3 is 5.97 Å². The van der Waals surface area contributed by atoms with E-state index in [1.165, 1.54) is 20.0 Å². The molecule has 0 atom stereocenters. The lowest BCUT2D eigenvalue weighted by Gasteiger charge is -2.21. The predicted octanol–water partition coefficient (Wildman–Crippen LogP) is 4.29. The fourth-order valence-electron chi connectivity index (χ4n) is 4.08. The molecule has 0 aliphatic carbocycles. The molecule has 0 radical (unpaired) electrons. The number of hydrogen-bond donors (Lipinski definition) is 0. The summed E-state index contributed by atoms with van der Waals surface area (Å²) in [6.45, 7) is 3.77. The van der Waals surface area contributed by atoms with Crippen LogP contribution in [0.5, 0.6) is 0 Å². The average Bonchev–Trinajstić information content (AvgIpc) is 3.44. The van der Waals surface area contributed by atoms with Gasteiger partial charge in [-0.05, 0) is 61.9 Å². The number of likely N-dealkylation sites (tertiary alicyclic amines) is 1. The Morgan fingerprint density at radius 3 is 2.52 bits per heavy atom. The number of hydrogen-bond acceptors (Lipinski definition) is 6. The Kier molecular flexibility index (Phi) is 7.93. The zero-order chi connectivity index (χ0) is 23.2. The minimum Gasteiger partial charge on any atom is -0.468 e. The molecule has 1 aliphatic rings. The third-order valence-corrected chi connectivity index (χ3v) is 6.51. The van der Waals surface area contributed by atoms with E-state index in [0.717, 1.165) is 36.7 Å². The SMILES string of the molecule is COC(=O)CN(Cc1ccccc1Cl)Cn1nc(CN2CCCC2)n(-c2ccccc2)c1=S. The van der Waals surface area contributed by atoms with Crippen molar-refractivity contribution in [2.24, 2.45) is 0 Å². The van der Waals surface area contributed by atoms with Crippen LogP contribution in [0.15, 0.2) is 54.6 Å². The normalized spacial score (nSPS) is 14.2. The van der Waals surface area contributed by atoms with Gasteiger partial charge in [-0.15, -0.1) is 0 Å². The van der Waals surface area contributed by atoms with E-state index in [1.807, 2.05) is 64.1 Å². The molecule has 0 saturated carbocycles. The van der Waals surface area contributed by atoms with Crippen LogP contribution in [0.4, 0.5) is 0 Å². The second kappa shape index (κ2) is 11.1. The van der Waals surface area contributed by atoms with E-state index in [0.29, 0.717) is 23.0 Å². The summed E-state index contributed by atoms with van der Waals surface area (Å²) in [5.74, 6) is 0.567. The van der Waals surface area contributed by atoms with Crippen LogP contribution in [0.1, 0.15) is 24.2 Å². The Bertz CT molecular complexity index is 1140. The summed E-state index contributed by atoms with van der Waals surface area (Å²) in [6.07, 6.45) is 2.41. The maximum atomic E-state index is 12.1. The van der Waals surface area contributed by atoms with Crippen LogP contribution < -0.4 is 0 Å². The number of esters is 1. The van der Waals surface area contributed by atoms with Crippen LogP contribution in [-0.2, 0) is 29.3 Å².